The van der Waals surface area contributed by atoms with Crippen molar-refractivity contribution < 1.29 is 4.42 Å². The molecular formula is C65H43NO. The molecule has 2 nitrogen and oxygen atoms in total. The standard InChI is InChI=1S/C65H43NO/c1-4-17-44(18-5-1)45-31-33-46(34-32-45)47-35-38-51(39-36-47)66(61-29-15-13-26-56(61)57-27-16-30-62-63(57)58-41-37-48-19-10-11-24-53(48)64(58)67-62)52-40-42-55-54-25-12-14-28-59(54)65(60(55)43-52,49-20-6-2-7-21-49)50-22-8-3-9-23-50/h1-43H. The minimum Gasteiger partial charge on any atom is -0.455 e. The van der Waals surface area contributed by atoms with E-state index in [1.54, 1.807) is 0 Å². The van der Waals surface area contributed by atoms with Crippen LogP contribution in [-0.4, -0.2) is 0 Å². The molecule has 67 heavy (non-hydrogen) atoms. The Morgan fingerprint density at radius 3 is 1.58 bits per heavy atom. The molecule has 0 saturated heterocycles. The summed E-state index contributed by atoms with van der Waals surface area (Å²) >= 11 is 0. The van der Waals surface area contributed by atoms with Crippen LogP contribution in [0.4, 0.5) is 17.1 Å². The predicted molar refractivity (Wildman–Crippen MR) is 280 cm³/mol. The second kappa shape index (κ2) is 15.8. The molecule has 11 aromatic carbocycles. The van der Waals surface area contributed by atoms with Crippen LogP contribution in [-0.2, 0) is 5.41 Å². The molecule has 0 atom stereocenters. The van der Waals surface area contributed by atoms with Crippen molar-refractivity contribution >= 4 is 49.8 Å². The third-order valence-corrected chi connectivity index (χ3v) is 14.0. The van der Waals surface area contributed by atoms with Crippen molar-refractivity contribution in [3.05, 3.63) is 283 Å². The summed E-state index contributed by atoms with van der Waals surface area (Å²) in [4.78, 5) is 2.46. The molecule has 2 heteroatoms. The molecule has 1 aliphatic rings. The normalized spacial score (nSPS) is 12.6. The largest absolute Gasteiger partial charge is 0.455 e. The van der Waals surface area contributed by atoms with Crippen molar-refractivity contribution in [2.75, 3.05) is 4.90 Å². The van der Waals surface area contributed by atoms with Gasteiger partial charge in [0.15, 0.2) is 0 Å². The molecule has 0 amide bonds. The molecule has 0 spiro atoms. The number of rotatable bonds is 8. The Morgan fingerprint density at radius 2 is 0.866 bits per heavy atom. The van der Waals surface area contributed by atoms with Gasteiger partial charge >= 0.3 is 0 Å². The van der Waals surface area contributed by atoms with E-state index in [0.29, 0.717) is 0 Å². The first kappa shape index (κ1) is 38.7. The average Bonchev–Trinajstić information content (AvgIpc) is 3.94. The number of anilines is 3. The van der Waals surface area contributed by atoms with Crippen LogP contribution in [0.2, 0.25) is 0 Å². The molecule has 0 unspecified atom stereocenters. The Morgan fingerprint density at radius 1 is 0.328 bits per heavy atom. The lowest BCUT2D eigenvalue weighted by Gasteiger charge is -2.35. The van der Waals surface area contributed by atoms with Gasteiger partial charge in [-0.05, 0) is 109 Å². The predicted octanol–water partition coefficient (Wildman–Crippen LogP) is 17.6. The third-order valence-electron chi connectivity index (χ3n) is 14.0. The highest BCUT2D eigenvalue weighted by Crippen LogP contribution is 2.57. The first-order chi connectivity index (χ1) is 33.2. The molecule has 0 N–H and O–H groups in total. The van der Waals surface area contributed by atoms with Gasteiger partial charge in [0, 0.05) is 33.1 Å². The number of fused-ring (bicyclic) bond motifs is 8. The van der Waals surface area contributed by atoms with E-state index < -0.39 is 5.41 Å². The van der Waals surface area contributed by atoms with E-state index in [1.807, 2.05) is 0 Å². The summed E-state index contributed by atoms with van der Waals surface area (Å²) < 4.78 is 6.76. The third kappa shape index (κ3) is 6.18. The lowest BCUT2D eigenvalue weighted by molar-refractivity contribution is 0.673. The van der Waals surface area contributed by atoms with Crippen molar-refractivity contribution in [3.63, 3.8) is 0 Å². The Balaban J connectivity index is 1.03. The summed E-state index contributed by atoms with van der Waals surface area (Å²) in [5, 5.41) is 4.51. The average molecular weight is 854 g/mol. The Hall–Kier alpha value is -8.72. The molecule has 1 aromatic heterocycles. The van der Waals surface area contributed by atoms with Gasteiger partial charge in [-0.1, -0.05) is 218 Å². The van der Waals surface area contributed by atoms with Gasteiger partial charge in [0.05, 0.1) is 11.1 Å². The Labute approximate surface area is 390 Å². The van der Waals surface area contributed by atoms with E-state index in [9.17, 15) is 0 Å². The molecule has 0 aliphatic heterocycles. The zero-order chi connectivity index (χ0) is 44.3. The summed E-state index contributed by atoms with van der Waals surface area (Å²) in [6.45, 7) is 0. The van der Waals surface area contributed by atoms with Crippen molar-refractivity contribution in [1.29, 1.82) is 0 Å². The van der Waals surface area contributed by atoms with Crippen LogP contribution < -0.4 is 4.90 Å². The SMILES string of the molecule is c1ccc(-c2ccc(-c3ccc(N(c4ccc5c(c4)C(c4ccccc4)(c4ccccc4)c4ccccc4-5)c4ccccc4-c4cccc5oc6c7ccccc7ccc6c45)cc3)cc2)cc1. The van der Waals surface area contributed by atoms with Gasteiger partial charge in [-0.25, -0.2) is 0 Å². The molecular weight excluding hydrogens is 811 g/mol. The van der Waals surface area contributed by atoms with Gasteiger partial charge in [-0.3, -0.25) is 0 Å². The van der Waals surface area contributed by atoms with Crippen LogP contribution in [0.1, 0.15) is 22.3 Å². The quantitative estimate of drug-likeness (QED) is 0.151. The topological polar surface area (TPSA) is 16.4 Å². The maximum absolute atomic E-state index is 6.76. The van der Waals surface area contributed by atoms with Crippen LogP contribution in [0.3, 0.4) is 0 Å². The fraction of sp³-hybridized carbons (Fsp3) is 0.0154. The number of para-hydroxylation sites is 1. The highest BCUT2D eigenvalue weighted by Gasteiger charge is 2.46. The first-order valence-electron chi connectivity index (χ1n) is 23.1. The van der Waals surface area contributed by atoms with E-state index in [0.717, 1.165) is 61.1 Å². The molecule has 0 radical (unpaired) electrons. The smallest absolute Gasteiger partial charge is 0.143 e. The molecule has 0 bridgehead atoms. The Kier molecular flexibility index (Phi) is 9.11. The summed E-state index contributed by atoms with van der Waals surface area (Å²) in [7, 11) is 0. The number of hydrogen-bond acceptors (Lipinski definition) is 2. The molecule has 12 aromatic rings. The molecule has 1 aliphatic carbocycles. The number of nitrogens with zero attached hydrogens (tertiary/aromatic N) is 1. The second-order valence-electron chi connectivity index (χ2n) is 17.5. The van der Waals surface area contributed by atoms with Crippen LogP contribution >= 0.6 is 0 Å². The van der Waals surface area contributed by atoms with Crippen molar-refractivity contribution in [2.45, 2.75) is 5.41 Å². The maximum Gasteiger partial charge on any atom is 0.143 e. The minimum absolute atomic E-state index is 0.546. The number of furan rings is 1. The molecule has 13 rings (SSSR count). The number of hydrogen-bond donors (Lipinski definition) is 0. The van der Waals surface area contributed by atoms with Crippen LogP contribution in [0.15, 0.2) is 265 Å². The highest BCUT2D eigenvalue weighted by atomic mass is 16.3. The van der Waals surface area contributed by atoms with E-state index in [2.05, 4.69) is 266 Å². The fourth-order valence-electron chi connectivity index (χ4n) is 11.0. The summed E-state index contributed by atoms with van der Waals surface area (Å²) in [6, 6.07) is 95.0. The van der Waals surface area contributed by atoms with Gasteiger partial charge in [0.25, 0.3) is 0 Å². The molecule has 0 saturated carbocycles. The maximum atomic E-state index is 6.76. The monoisotopic (exact) mass is 853 g/mol. The summed E-state index contributed by atoms with van der Waals surface area (Å²) in [6.07, 6.45) is 0. The van der Waals surface area contributed by atoms with Gasteiger partial charge in [-0.15, -0.1) is 0 Å². The number of benzene rings is 11. The fourth-order valence-corrected chi connectivity index (χ4v) is 11.0. The van der Waals surface area contributed by atoms with Gasteiger partial charge in [-0.2, -0.15) is 0 Å². The van der Waals surface area contributed by atoms with Gasteiger partial charge in [0.2, 0.25) is 0 Å². The summed E-state index contributed by atoms with van der Waals surface area (Å²) in [5.74, 6) is 0. The van der Waals surface area contributed by atoms with E-state index >= 15 is 0 Å². The van der Waals surface area contributed by atoms with Crippen LogP contribution in [0.25, 0.3) is 77.2 Å². The van der Waals surface area contributed by atoms with Crippen LogP contribution in [0.5, 0.6) is 0 Å². The molecule has 1 heterocycles. The second-order valence-corrected chi connectivity index (χ2v) is 17.5. The van der Waals surface area contributed by atoms with E-state index in [-0.39, 0.29) is 0 Å². The molecule has 314 valence electrons. The van der Waals surface area contributed by atoms with Crippen molar-refractivity contribution in [1.82, 2.24) is 0 Å². The highest BCUT2D eigenvalue weighted by molar-refractivity contribution is 6.19. The summed E-state index contributed by atoms with van der Waals surface area (Å²) in [5.41, 5.74) is 19.0. The molecule has 0 fully saturated rings. The Bertz CT molecular complexity index is 3740. The van der Waals surface area contributed by atoms with Gasteiger partial charge in [0.1, 0.15) is 11.2 Å². The lowest BCUT2D eigenvalue weighted by atomic mass is 9.67. The van der Waals surface area contributed by atoms with Crippen LogP contribution in [0, 0.1) is 0 Å². The lowest BCUT2D eigenvalue weighted by Crippen LogP contribution is -2.28. The minimum atomic E-state index is -0.546. The van der Waals surface area contributed by atoms with E-state index in [4.69, 9.17) is 4.42 Å². The van der Waals surface area contributed by atoms with Crippen molar-refractivity contribution in [2.24, 2.45) is 0 Å². The van der Waals surface area contributed by atoms with Crippen molar-refractivity contribution in [3.8, 4) is 44.5 Å². The van der Waals surface area contributed by atoms with E-state index in [1.165, 1.54) is 55.5 Å². The zero-order valence-corrected chi connectivity index (χ0v) is 36.7. The zero-order valence-electron chi connectivity index (χ0n) is 36.7. The first-order valence-corrected chi connectivity index (χ1v) is 23.1. The van der Waals surface area contributed by atoms with Gasteiger partial charge < -0.3 is 9.32 Å².